The van der Waals surface area contributed by atoms with E-state index >= 15 is 0 Å². The largest absolute Gasteiger partial charge is 0.422 e. The lowest BCUT2D eigenvalue weighted by atomic mass is 9.95. The molecule has 1 saturated heterocycles. The van der Waals surface area contributed by atoms with Crippen LogP contribution in [0.25, 0.3) is 0 Å². The number of hydrogen-bond donors (Lipinski definition) is 0. The molecular weight excluding hydrogens is 274 g/mol. The molecule has 6 heteroatoms. The highest BCUT2D eigenvalue weighted by Crippen LogP contribution is 2.30. The highest BCUT2D eigenvalue weighted by atomic mass is 16.7. The first-order valence-electron chi connectivity index (χ1n) is 6.70. The second-order valence-corrected chi connectivity index (χ2v) is 5.47. The van der Waals surface area contributed by atoms with Crippen molar-refractivity contribution >= 4 is 17.7 Å². The van der Waals surface area contributed by atoms with Crippen LogP contribution in [0.15, 0.2) is 35.5 Å². The molecule has 2 aliphatic rings. The average molecular weight is 289 g/mol. The summed E-state index contributed by atoms with van der Waals surface area (Å²) in [5.41, 5.74) is 1.60. The van der Waals surface area contributed by atoms with Crippen LogP contribution in [-0.2, 0) is 23.9 Å². The fraction of sp³-hybridized carbons (Fsp3) is 0.400. The second-order valence-electron chi connectivity index (χ2n) is 5.47. The number of esters is 2. The van der Waals surface area contributed by atoms with Crippen molar-refractivity contribution in [1.29, 1.82) is 0 Å². The molecule has 0 saturated carbocycles. The molecule has 1 unspecified atom stereocenters. The minimum absolute atomic E-state index is 0.360. The molecular formula is C15H15NO5. The monoisotopic (exact) mass is 289 g/mol. The highest BCUT2D eigenvalue weighted by molar-refractivity contribution is 6.03. The van der Waals surface area contributed by atoms with E-state index < -0.39 is 29.7 Å². The predicted octanol–water partition coefficient (Wildman–Crippen LogP) is 1.63. The van der Waals surface area contributed by atoms with Crippen molar-refractivity contribution in [2.24, 2.45) is 11.1 Å². The Labute approximate surface area is 121 Å². The van der Waals surface area contributed by atoms with Gasteiger partial charge < -0.3 is 14.3 Å². The number of hydrogen-bond acceptors (Lipinski definition) is 6. The maximum absolute atomic E-state index is 12.0. The molecule has 21 heavy (non-hydrogen) atoms. The van der Waals surface area contributed by atoms with Gasteiger partial charge >= 0.3 is 11.9 Å². The Balaban J connectivity index is 1.73. The zero-order valence-corrected chi connectivity index (χ0v) is 11.7. The number of ether oxygens (including phenoxy) is 2. The first-order valence-corrected chi connectivity index (χ1v) is 6.70. The van der Waals surface area contributed by atoms with Crippen LogP contribution in [0.5, 0.6) is 0 Å². The van der Waals surface area contributed by atoms with Crippen LogP contribution in [0.3, 0.4) is 0 Å². The van der Waals surface area contributed by atoms with E-state index in [0.717, 1.165) is 5.56 Å². The number of cyclic esters (lactones) is 2. The number of rotatable bonds is 2. The zero-order chi connectivity index (χ0) is 15.0. The topological polar surface area (TPSA) is 74.2 Å². The van der Waals surface area contributed by atoms with Crippen molar-refractivity contribution in [2.45, 2.75) is 32.2 Å². The Hall–Kier alpha value is -2.37. The van der Waals surface area contributed by atoms with Gasteiger partial charge in [-0.25, -0.2) is 0 Å². The molecule has 1 aromatic rings. The summed E-state index contributed by atoms with van der Waals surface area (Å²) in [4.78, 5) is 29.2. The molecule has 1 aromatic carbocycles. The third-order valence-electron chi connectivity index (χ3n) is 3.37. The highest BCUT2D eigenvalue weighted by Gasteiger charge is 2.50. The lowest BCUT2D eigenvalue weighted by Crippen LogP contribution is -2.50. The van der Waals surface area contributed by atoms with Gasteiger partial charge in [0.25, 0.3) is 5.79 Å². The Kier molecular flexibility index (Phi) is 3.16. The van der Waals surface area contributed by atoms with E-state index in [9.17, 15) is 9.59 Å². The first kappa shape index (κ1) is 13.6. The Morgan fingerprint density at radius 1 is 1.10 bits per heavy atom. The molecule has 2 aliphatic heterocycles. The molecule has 0 bridgehead atoms. The van der Waals surface area contributed by atoms with Crippen LogP contribution in [0.4, 0.5) is 0 Å². The Morgan fingerprint density at radius 3 is 2.33 bits per heavy atom. The van der Waals surface area contributed by atoms with Crippen molar-refractivity contribution < 1.29 is 23.9 Å². The number of carbonyl (C=O) groups excluding carboxylic acids is 2. The average Bonchev–Trinajstić information content (AvgIpc) is 2.87. The van der Waals surface area contributed by atoms with Gasteiger partial charge in [-0.1, -0.05) is 35.5 Å². The van der Waals surface area contributed by atoms with E-state index in [0.29, 0.717) is 12.1 Å². The normalized spacial score (nSPS) is 24.9. The number of carbonyl (C=O) groups is 2. The van der Waals surface area contributed by atoms with Crippen LogP contribution in [0.2, 0.25) is 0 Å². The van der Waals surface area contributed by atoms with Crippen LogP contribution >= 0.6 is 0 Å². The van der Waals surface area contributed by atoms with Crippen molar-refractivity contribution in [3.63, 3.8) is 0 Å². The molecule has 0 N–H and O–H groups in total. The minimum Gasteiger partial charge on any atom is -0.422 e. The smallest absolute Gasteiger partial charge is 0.327 e. The summed E-state index contributed by atoms with van der Waals surface area (Å²) in [5, 5.41) is 3.97. The van der Waals surface area contributed by atoms with Gasteiger partial charge in [0.1, 0.15) is 0 Å². The molecule has 0 radical (unpaired) electrons. The van der Waals surface area contributed by atoms with Gasteiger partial charge in [-0.3, -0.25) is 9.59 Å². The van der Waals surface area contributed by atoms with Gasteiger partial charge in [-0.15, -0.1) is 0 Å². The summed E-state index contributed by atoms with van der Waals surface area (Å²) >= 11 is 0. The fourth-order valence-corrected chi connectivity index (χ4v) is 2.41. The summed E-state index contributed by atoms with van der Waals surface area (Å²) in [6.07, 6.45) is -0.324. The van der Waals surface area contributed by atoms with Crippen LogP contribution in [-0.4, -0.2) is 29.5 Å². The van der Waals surface area contributed by atoms with Crippen molar-refractivity contribution in [3.05, 3.63) is 35.9 Å². The molecule has 0 amide bonds. The van der Waals surface area contributed by atoms with E-state index in [2.05, 4.69) is 5.16 Å². The van der Waals surface area contributed by atoms with Crippen LogP contribution in [0.1, 0.15) is 25.8 Å². The molecule has 110 valence electrons. The maximum Gasteiger partial charge on any atom is 0.327 e. The molecule has 2 heterocycles. The van der Waals surface area contributed by atoms with Gasteiger partial charge in [0, 0.05) is 20.3 Å². The lowest BCUT2D eigenvalue weighted by molar-refractivity contribution is -0.245. The van der Waals surface area contributed by atoms with Crippen molar-refractivity contribution in [1.82, 2.24) is 0 Å². The standard InChI is InChI=1S/C15H15NO5/c1-15(2)19-13(17)12(14(18)20-15)11-8-10(16-21-11)9-6-4-3-5-7-9/h3-7,11-12H,8H2,1-2H3. The maximum atomic E-state index is 12.0. The summed E-state index contributed by atoms with van der Waals surface area (Å²) in [7, 11) is 0. The van der Waals surface area contributed by atoms with E-state index in [4.69, 9.17) is 14.3 Å². The lowest BCUT2D eigenvalue weighted by Gasteiger charge is -2.33. The second kappa shape index (κ2) is 4.87. The van der Waals surface area contributed by atoms with Crippen LogP contribution in [0, 0.1) is 5.92 Å². The van der Waals surface area contributed by atoms with Gasteiger partial charge in [0.05, 0.1) is 5.71 Å². The molecule has 1 atom stereocenters. The van der Waals surface area contributed by atoms with Crippen LogP contribution < -0.4 is 0 Å². The molecule has 0 aliphatic carbocycles. The van der Waals surface area contributed by atoms with Gasteiger partial charge in [0.15, 0.2) is 12.0 Å². The fourth-order valence-electron chi connectivity index (χ4n) is 2.41. The summed E-state index contributed by atoms with van der Waals surface area (Å²) < 4.78 is 10.2. The van der Waals surface area contributed by atoms with E-state index in [-0.39, 0.29) is 0 Å². The molecule has 0 aromatic heterocycles. The SMILES string of the molecule is CC1(C)OC(=O)C(C2CC(c3ccccc3)=NO2)C(=O)O1. The number of oxime groups is 1. The molecule has 1 fully saturated rings. The van der Waals surface area contributed by atoms with E-state index in [1.165, 1.54) is 13.8 Å². The van der Waals surface area contributed by atoms with Gasteiger partial charge in [0.2, 0.25) is 0 Å². The number of benzene rings is 1. The minimum atomic E-state index is -1.23. The molecule has 3 rings (SSSR count). The van der Waals surface area contributed by atoms with E-state index in [1.54, 1.807) is 0 Å². The number of nitrogens with zero attached hydrogens (tertiary/aromatic N) is 1. The third-order valence-corrected chi connectivity index (χ3v) is 3.37. The van der Waals surface area contributed by atoms with Crippen molar-refractivity contribution in [2.75, 3.05) is 0 Å². The van der Waals surface area contributed by atoms with Gasteiger partial charge in [-0.2, -0.15) is 0 Å². The summed E-state index contributed by atoms with van der Waals surface area (Å²) in [6.45, 7) is 3.03. The Bertz CT molecular complexity index is 588. The van der Waals surface area contributed by atoms with Gasteiger partial charge in [-0.05, 0) is 5.56 Å². The predicted molar refractivity (Wildman–Crippen MR) is 72.2 cm³/mol. The zero-order valence-electron chi connectivity index (χ0n) is 11.7. The summed E-state index contributed by atoms with van der Waals surface area (Å²) in [5.74, 6) is -3.59. The molecule has 6 nitrogen and oxygen atoms in total. The quantitative estimate of drug-likeness (QED) is 0.611. The molecule has 0 spiro atoms. The Morgan fingerprint density at radius 2 is 1.71 bits per heavy atom. The first-order chi connectivity index (χ1) is 9.96. The van der Waals surface area contributed by atoms with Crippen molar-refractivity contribution in [3.8, 4) is 0 Å². The third kappa shape index (κ3) is 2.61. The van der Waals surface area contributed by atoms with E-state index in [1.807, 2.05) is 30.3 Å². The summed E-state index contributed by atoms with van der Waals surface area (Å²) in [6, 6.07) is 9.46.